The van der Waals surface area contributed by atoms with Crippen molar-refractivity contribution in [1.82, 2.24) is 24.6 Å². The van der Waals surface area contributed by atoms with Crippen LogP contribution in [0, 0.1) is 17.2 Å². The van der Waals surface area contributed by atoms with E-state index in [0.717, 1.165) is 0 Å². The standard InChI is InChI=1S/C23H28N7O7P/c1-13(2)35-23(32)14(3)29-38(33,37-15-7-5-4-6-8-15)34-10-17-19(31)16(9-24)22(36-17)30-12-28-18-20(25)26-11-27-21(18)30/h4-8,11-14,16-17,19,22,31H,10H2,1-3H3,(H,29,33)(H2,25,26,27)/t14-,16-,17-,19+,22-,38-/m1/s1. The second-order valence-electron chi connectivity index (χ2n) is 8.83. The van der Waals surface area contributed by atoms with Crippen LogP contribution < -0.4 is 15.3 Å². The number of nitrogens with one attached hydrogen (secondary N) is 1. The third-order valence-electron chi connectivity index (χ3n) is 5.62. The van der Waals surface area contributed by atoms with Crippen LogP contribution in [-0.4, -0.2) is 61.6 Å². The van der Waals surface area contributed by atoms with Crippen LogP contribution in [0.4, 0.5) is 5.82 Å². The number of esters is 1. The molecule has 0 spiro atoms. The van der Waals surface area contributed by atoms with Crippen molar-refractivity contribution in [2.75, 3.05) is 12.3 Å². The number of carbonyl (C=O) groups is 1. The number of aliphatic hydroxyl groups is 1. The molecule has 0 radical (unpaired) electrons. The van der Waals surface area contributed by atoms with E-state index >= 15 is 0 Å². The number of anilines is 1. The van der Waals surface area contributed by atoms with Crippen molar-refractivity contribution in [2.45, 2.75) is 51.4 Å². The van der Waals surface area contributed by atoms with Gasteiger partial charge in [-0.2, -0.15) is 10.3 Å². The minimum atomic E-state index is -4.21. The van der Waals surface area contributed by atoms with Crippen molar-refractivity contribution >= 4 is 30.7 Å². The fourth-order valence-corrected chi connectivity index (χ4v) is 5.33. The van der Waals surface area contributed by atoms with E-state index in [2.05, 4.69) is 20.0 Å². The van der Waals surface area contributed by atoms with E-state index in [1.54, 1.807) is 44.2 Å². The van der Waals surface area contributed by atoms with Crippen LogP contribution in [0.5, 0.6) is 5.75 Å². The molecule has 0 saturated carbocycles. The number of hydrogen-bond donors (Lipinski definition) is 3. The number of nitriles is 1. The van der Waals surface area contributed by atoms with Crippen molar-refractivity contribution in [2.24, 2.45) is 5.92 Å². The quantitative estimate of drug-likeness (QED) is 0.247. The molecule has 14 nitrogen and oxygen atoms in total. The van der Waals surface area contributed by atoms with Gasteiger partial charge in [-0.05, 0) is 32.9 Å². The minimum absolute atomic E-state index is 0.149. The zero-order valence-electron chi connectivity index (χ0n) is 20.9. The molecule has 0 unspecified atom stereocenters. The molecule has 4 N–H and O–H groups in total. The maximum Gasteiger partial charge on any atom is 0.459 e. The number of para-hydroxylation sites is 1. The highest BCUT2D eigenvalue weighted by molar-refractivity contribution is 7.52. The van der Waals surface area contributed by atoms with Crippen LogP contribution >= 0.6 is 7.75 Å². The number of nitrogens with zero attached hydrogens (tertiary/aromatic N) is 5. The fraction of sp³-hybridized carbons (Fsp3) is 0.435. The number of hydrogen-bond acceptors (Lipinski definition) is 12. The lowest BCUT2D eigenvalue weighted by Gasteiger charge is -2.25. The van der Waals surface area contributed by atoms with Gasteiger partial charge in [0, 0.05) is 0 Å². The lowest BCUT2D eigenvalue weighted by molar-refractivity contribution is -0.149. The molecule has 4 rings (SSSR count). The number of carbonyl (C=O) groups excluding carboxylic acids is 1. The average molecular weight is 545 g/mol. The van der Waals surface area contributed by atoms with Gasteiger partial charge in [0.25, 0.3) is 0 Å². The molecule has 1 aromatic carbocycles. The van der Waals surface area contributed by atoms with Crippen molar-refractivity contribution in [3.8, 4) is 11.8 Å². The van der Waals surface area contributed by atoms with E-state index in [-0.39, 0.29) is 17.7 Å². The maximum absolute atomic E-state index is 13.7. The number of aromatic nitrogens is 4. The third-order valence-corrected chi connectivity index (χ3v) is 7.26. The predicted molar refractivity (Wildman–Crippen MR) is 133 cm³/mol. The first-order valence-electron chi connectivity index (χ1n) is 11.8. The van der Waals surface area contributed by atoms with Crippen LogP contribution in [0.15, 0.2) is 43.0 Å². The lowest BCUT2D eigenvalue weighted by atomic mass is 10.0. The monoisotopic (exact) mass is 545 g/mol. The van der Waals surface area contributed by atoms with Crippen LogP contribution in [0.1, 0.15) is 27.0 Å². The number of imidazole rings is 1. The Bertz CT molecular complexity index is 1360. The molecule has 0 bridgehead atoms. The highest BCUT2D eigenvalue weighted by Crippen LogP contribution is 2.46. The Morgan fingerprint density at radius 3 is 2.71 bits per heavy atom. The van der Waals surface area contributed by atoms with Crippen LogP contribution in [0.2, 0.25) is 0 Å². The van der Waals surface area contributed by atoms with Gasteiger partial charge in [-0.3, -0.25) is 13.9 Å². The molecule has 1 fully saturated rings. The molecule has 0 amide bonds. The van der Waals surface area contributed by atoms with Gasteiger partial charge in [-0.25, -0.2) is 19.5 Å². The molecule has 15 heteroatoms. The summed E-state index contributed by atoms with van der Waals surface area (Å²) in [6.45, 7) is 4.38. The predicted octanol–water partition coefficient (Wildman–Crippen LogP) is 1.94. The number of ether oxygens (including phenoxy) is 2. The average Bonchev–Trinajstić information content (AvgIpc) is 3.44. The second kappa shape index (κ2) is 11.4. The molecule has 6 atom stereocenters. The summed E-state index contributed by atoms with van der Waals surface area (Å²) >= 11 is 0. The Morgan fingerprint density at radius 1 is 1.29 bits per heavy atom. The summed E-state index contributed by atoms with van der Waals surface area (Å²) in [5, 5.41) is 23.2. The first-order valence-corrected chi connectivity index (χ1v) is 13.3. The Kier molecular flexibility index (Phi) is 8.25. The van der Waals surface area contributed by atoms with Crippen LogP contribution in [0.25, 0.3) is 11.2 Å². The summed E-state index contributed by atoms with van der Waals surface area (Å²) < 4.78 is 37.5. The summed E-state index contributed by atoms with van der Waals surface area (Å²) in [5.74, 6) is -1.33. The number of rotatable bonds is 10. The lowest BCUT2D eigenvalue weighted by Crippen LogP contribution is -2.37. The molecule has 1 aliphatic rings. The van der Waals surface area contributed by atoms with E-state index in [1.807, 2.05) is 6.07 Å². The summed E-state index contributed by atoms with van der Waals surface area (Å²) in [7, 11) is -4.21. The Hall–Kier alpha value is -3.60. The summed E-state index contributed by atoms with van der Waals surface area (Å²) in [6.07, 6.45) is -1.16. The van der Waals surface area contributed by atoms with E-state index in [9.17, 15) is 19.7 Å². The topological polar surface area (TPSA) is 197 Å². The summed E-state index contributed by atoms with van der Waals surface area (Å²) in [4.78, 5) is 24.6. The summed E-state index contributed by atoms with van der Waals surface area (Å²) in [6, 6.07) is 9.21. The van der Waals surface area contributed by atoms with E-state index in [1.165, 1.54) is 24.1 Å². The summed E-state index contributed by atoms with van der Waals surface area (Å²) in [5.41, 5.74) is 6.48. The Labute approximate surface area is 218 Å². The van der Waals surface area contributed by atoms with Gasteiger partial charge in [0.1, 0.15) is 41.8 Å². The number of nitrogen functional groups attached to an aromatic ring is 1. The van der Waals surface area contributed by atoms with Crippen LogP contribution in [0.3, 0.4) is 0 Å². The molecule has 2 aromatic heterocycles. The number of benzene rings is 1. The molecule has 3 heterocycles. The SMILES string of the molecule is CC(C)OC(=O)[C@@H](C)N[P@@](=O)(OC[C@H]1O[C@@H](n2cnc3c(N)ncnc32)[C@H](C#N)[C@@H]1O)Oc1ccccc1. The van der Waals surface area contributed by atoms with Crippen LogP contribution in [-0.2, 0) is 23.4 Å². The zero-order chi connectivity index (χ0) is 27.4. The molecule has 0 aliphatic carbocycles. The highest BCUT2D eigenvalue weighted by Gasteiger charge is 2.47. The van der Waals surface area contributed by atoms with Gasteiger partial charge >= 0.3 is 13.7 Å². The first-order chi connectivity index (χ1) is 18.1. The van der Waals surface area contributed by atoms with Crippen molar-refractivity contribution in [3.63, 3.8) is 0 Å². The normalized spacial score (nSPS) is 23.6. The molecular weight excluding hydrogens is 517 g/mol. The molecule has 3 aromatic rings. The Morgan fingerprint density at radius 2 is 2.03 bits per heavy atom. The second-order valence-corrected chi connectivity index (χ2v) is 10.5. The fourth-order valence-electron chi connectivity index (χ4n) is 3.82. The third kappa shape index (κ3) is 5.93. The highest BCUT2D eigenvalue weighted by atomic mass is 31.2. The van der Waals surface area contributed by atoms with E-state index < -0.39 is 50.7 Å². The van der Waals surface area contributed by atoms with Crippen molar-refractivity contribution < 1.29 is 33.0 Å². The largest absolute Gasteiger partial charge is 0.462 e. The van der Waals surface area contributed by atoms with E-state index in [0.29, 0.717) is 11.2 Å². The van der Waals surface area contributed by atoms with Crippen molar-refractivity contribution in [3.05, 3.63) is 43.0 Å². The molecule has 1 saturated heterocycles. The molecule has 202 valence electrons. The van der Waals surface area contributed by atoms with Gasteiger partial charge in [0.05, 0.1) is 25.1 Å². The molecule has 1 aliphatic heterocycles. The first kappa shape index (κ1) is 27.4. The number of nitrogens with two attached hydrogens (primary N) is 1. The van der Waals surface area contributed by atoms with Gasteiger partial charge < -0.3 is 24.8 Å². The minimum Gasteiger partial charge on any atom is -0.462 e. The number of aliphatic hydroxyl groups excluding tert-OH is 1. The van der Waals surface area contributed by atoms with Gasteiger partial charge in [0.2, 0.25) is 0 Å². The maximum atomic E-state index is 13.7. The van der Waals surface area contributed by atoms with Gasteiger partial charge in [0.15, 0.2) is 17.7 Å². The smallest absolute Gasteiger partial charge is 0.459 e. The molecule has 38 heavy (non-hydrogen) atoms. The van der Waals surface area contributed by atoms with Gasteiger partial charge in [-0.1, -0.05) is 18.2 Å². The van der Waals surface area contributed by atoms with Gasteiger partial charge in [-0.15, -0.1) is 0 Å². The van der Waals surface area contributed by atoms with E-state index in [4.69, 9.17) is 24.3 Å². The molecular formula is C23H28N7O7P. The van der Waals surface area contributed by atoms with Crippen molar-refractivity contribution in [1.29, 1.82) is 5.26 Å². The number of fused-ring (bicyclic) bond motifs is 1. The zero-order valence-corrected chi connectivity index (χ0v) is 21.8. The Balaban J connectivity index is 1.53.